The lowest BCUT2D eigenvalue weighted by Crippen LogP contribution is -1.92. The molecule has 3 rings (SSSR count). The van der Waals surface area contributed by atoms with Gasteiger partial charge in [0.15, 0.2) is 5.82 Å². The van der Waals surface area contributed by atoms with Crippen molar-refractivity contribution < 1.29 is 8.81 Å². The van der Waals surface area contributed by atoms with E-state index in [0.717, 1.165) is 11.3 Å². The van der Waals surface area contributed by atoms with Crippen molar-refractivity contribution in [3.8, 4) is 22.4 Å². The summed E-state index contributed by atoms with van der Waals surface area (Å²) in [6.07, 6.45) is 1.56. The number of nitrogens with one attached hydrogen (secondary N) is 1. The molecule has 0 fully saturated rings. The summed E-state index contributed by atoms with van der Waals surface area (Å²) < 4.78 is 19.5. The molecule has 0 atom stereocenters. The molecule has 20 heavy (non-hydrogen) atoms. The predicted octanol–water partition coefficient (Wildman–Crippen LogP) is 4.02. The van der Waals surface area contributed by atoms with Gasteiger partial charge in [0.2, 0.25) is 0 Å². The van der Waals surface area contributed by atoms with Crippen molar-refractivity contribution in [2.75, 3.05) is 5.73 Å². The molecule has 3 aromatic rings. The van der Waals surface area contributed by atoms with Crippen LogP contribution in [-0.4, -0.2) is 10.2 Å². The van der Waals surface area contributed by atoms with Gasteiger partial charge in [-0.05, 0) is 19.1 Å². The Labute approximate surface area is 119 Å². The first-order valence-electron chi connectivity index (χ1n) is 5.91. The van der Waals surface area contributed by atoms with Gasteiger partial charge in [-0.15, -0.1) is 0 Å². The molecular weight excluding hydrogens is 281 g/mol. The van der Waals surface area contributed by atoms with Gasteiger partial charge in [-0.25, -0.2) is 4.39 Å². The van der Waals surface area contributed by atoms with E-state index in [1.165, 1.54) is 6.07 Å². The number of rotatable bonds is 2. The van der Waals surface area contributed by atoms with Crippen LogP contribution in [0.4, 0.5) is 10.2 Å². The lowest BCUT2D eigenvalue weighted by Gasteiger charge is -2.05. The van der Waals surface area contributed by atoms with E-state index in [0.29, 0.717) is 16.8 Å². The SMILES string of the molecule is Cc1cc(-c2[nH]nc(N)c2-c2cccc(Cl)c2F)co1. The van der Waals surface area contributed by atoms with E-state index < -0.39 is 5.82 Å². The molecule has 0 saturated carbocycles. The molecule has 0 bridgehead atoms. The smallest absolute Gasteiger partial charge is 0.153 e. The van der Waals surface area contributed by atoms with Crippen LogP contribution >= 0.6 is 11.6 Å². The highest BCUT2D eigenvalue weighted by Crippen LogP contribution is 2.38. The normalized spacial score (nSPS) is 10.9. The lowest BCUT2D eigenvalue weighted by atomic mass is 10.0. The van der Waals surface area contributed by atoms with Crippen molar-refractivity contribution in [1.82, 2.24) is 10.2 Å². The van der Waals surface area contributed by atoms with Crippen LogP contribution in [0, 0.1) is 12.7 Å². The van der Waals surface area contributed by atoms with E-state index in [1.54, 1.807) is 18.4 Å². The number of halogens is 2. The number of nitrogen functional groups attached to an aromatic ring is 1. The zero-order valence-electron chi connectivity index (χ0n) is 10.6. The first-order chi connectivity index (χ1) is 9.58. The molecular formula is C14H11ClFN3O. The monoisotopic (exact) mass is 291 g/mol. The summed E-state index contributed by atoms with van der Waals surface area (Å²) >= 11 is 5.82. The number of aryl methyl sites for hydroxylation is 1. The number of hydrogen-bond donors (Lipinski definition) is 2. The largest absolute Gasteiger partial charge is 0.469 e. The number of benzene rings is 1. The maximum Gasteiger partial charge on any atom is 0.153 e. The number of nitrogens with zero attached hydrogens (tertiary/aromatic N) is 1. The van der Waals surface area contributed by atoms with Crippen molar-refractivity contribution >= 4 is 17.4 Å². The van der Waals surface area contributed by atoms with E-state index >= 15 is 0 Å². The van der Waals surface area contributed by atoms with Crippen LogP contribution in [0.25, 0.3) is 22.4 Å². The summed E-state index contributed by atoms with van der Waals surface area (Å²) in [6.45, 7) is 1.82. The van der Waals surface area contributed by atoms with Crippen LogP contribution in [-0.2, 0) is 0 Å². The highest BCUT2D eigenvalue weighted by molar-refractivity contribution is 6.31. The van der Waals surface area contributed by atoms with Gasteiger partial charge >= 0.3 is 0 Å². The topological polar surface area (TPSA) is 67.8 Å². The Morgan fingerprint density at radius 2 is 2.20 bits per heavy atom. The maximum absolute atomic E-state index is 14.2. The van der Waals surface area contributed by atoms with Crippen LogP contribution in [0.1, 0.15) is 5.76 Å². The van der Waals surface area contributed by atoms with Crippen molar-refractivity contribution in [3.63, 3.8) is 0 Å². The van der Waals surface area contributed by atoms with E-state index in [2.05, 4.69) is 10.2 Å². The summed E-state index contributed by atoms with van der Waals surface area (Å²) in [6, 6.07) is 6.58. The Morgan fingerprint density at radius 1 is 1.40 bits per heavy atom. The van der Waals surface area contributed by atoms with Gasteiger partial charge in [-0.3, -0.25) is 5.10 Å². The van der Waals surface area contributed by atoms with Gasteiger partial charge in [0.1, 0.15) is 17.8 Å². The molecule has 0 aliphatic heterocycles. The molecule has 6 heteroatoms. The van der Waals surface area contributed by atoms with E-state index in [4.69, 9.17) is 21.8 Å². The molecule has 0 saturated heterocycles. The molecule has 1 aromatic carbocycles. The second kappa shape index (κ2) is 4.68. The highest BCUT2D eigenvalue weighted by Gasteiger charge is 2.20. The van der Waals surface area contributed by atoms with Crippen molar-refractivity contribution in [2.24, 2.45) is 0 Å². The molecule has 4 nitrogen and oxygen atoms in total. The second-order valence-electron chi connectivity index (χ2n) is 4.41. The number of aromatic amines is 1. The maximum atomic E-state index is 14.2. The fraction of sp³-hybridized carbons (Fsp3) is 0.0714. The van der Waals surface area contributed by atoms with Gasteiger partial charge in [0.25, 0.3) is 0 Å². The average Bonchev–Trinajstić information content (AvgIpc) is 2.99. The lowest BCUT2D eigenvalue weighted by molar-refractivity contribution is 0.535. The molecule has 0 radical (unpaired) electrons. The van der Waals surface area contributed by atoms with Gasteiger partial charge < -0.3 is 10.2 Å². The Kier molecular flexibility index (Phi) is 2.99. The van der Waals surface area contributed by atoms with E-state index in [-0.39, 0.29) is 10.8 Å². The fourth-order valence-electron chi connectivity index (χ4n) is 2.11. The Hall–Kier alpha value is -2.27. The molecule has 102 valence electrons. The number of hydrogen-bond acceptors (Lipinski definition) is 3. The van der Waals surface area contributed by atoms with E-state index in [1.807, 2.05) is 13.0 Å². The zero-order valence-corrected chi connectivity index (χ0v) is 11.3. The van der Waals surface area contributed by atoms with Gasteiger partial charge in [-0.2, -0.15) is 5.10 Å². The summed E-state index contributed by atoms with van der Waals surface area (Å²) in [5, 5.41) is 6.79. The molecule has 0 spiro atoms. The van der Waals surface area contributed by atoms with Crippen LogP contribution in [0.2, 0.25) is 5.02 Å². The molecule has 2 heterocycles. The molecule has 0 amide bonds. The third-order valence-electron chi connectivity index (χ3n) is 3.03. The first-order valence-corrected chi connectivity index (χ1v) is 6.29. The minimum Gasteiger partial charge on any atom is -0.469 e. The Morgan fingerprint density at radius 3 is 2.90 bits per heavy atom. The first kappa shape index (κ1) is 12.7. The summed E-state index contributed by atoms with van der Waals surface area (Å²) in [5.41, 5.74) is 7.98. The minimum atomic E-state index is -0.524. The molecule has 2 aromatic heterocycles. The van der Waals surface area contributed by atoms with Crippen LogP contribution in [0.15, 0.2) is 34.9 Å². The molecule has 0 aliphatic rings. The number of anilines is 1. The number of H-pyrrole nitrogens is 1. The van der Waals surface area contributed by atoms with E-state index in [9.17, 15) is 4.39 Å². The predicted molar refractivity (Wildman–Crippen MR) is 75.8 cm³/mol. The Bertz CT molecular complexity index is 779. The second-order valence-corrected chi connectivity index (χ2v) is 4.81. The van der Waals surface area contributed by atoms with Crippen LogP contribution < -0.4 is 5.73 Å². The third kappa shape index (κ3) is 1.96. The fourth-order valence-corrected chi connectivity index (χ4v) is 2.28. The Balaban J connectivity index is 2.24. The zero-order chi connectivity index (χ0) is 14.3. The van der Waals surface area contributed by atoms with Crippen LogP contribution in [0.3, 0.4) is 0 Å². The highest BCUT2D eigenvalue weighted by atomic mass is 35.5. The average molecular weight is 292 g/mol. The van der Waals surface area contributed by atoms with Gasteiger partial charge in [0, 0.05) is 11.1 Å². The summed E-state index contributed by atoms with van der Waals surface area (Å²) in [4.78, 5) is 0. The summed E-state index contributed by atoms with van der Waals surface area (Å²) in [5.74, 6) is 0.425. The molecule has 0 aliphatic carbocycles. The minimum absolute atomic E-state index is 0.0393. The van der Waals surface area contributed by atoms with Crippen molar-refractivity contribution in [1.29, 1.82) is 0 Å². The quantitative estimate of drug-likeness (QED) is 0.749. The molecule has 0 unspecified atom stereocenters. The number of nitrogens with two attached hydrogens (primary N) is 1. The van der Waals surface area contributed by atoms with Crippen molar-refractivity contribution in [3.05, 3.63) is 47.1 Å². The van der Waals surface area contributed by atoms with Gasteiger partial charge in [0.05, 0.1) is 16.3 Å². The molecule has 3 N–H and O–H groups in total. The van der Waals surface area contributed by atoms with Crippen LogP contribution in [0.5, 0.6) is 0 Å². The van der Waals surface area contributed by atoms with Crippen molar-refractivity contribution in [2.45, 2.75) is 6.92 Å². The summed E-state index contributed by atoms with van der Waals surface area (Å²) in [7, 11) is 0. The number of furan rings is 1. The number of aromatic nitrogens is 2. The third-order valence-corrected chi connectivity index (χ3v) is 3.33. The standard InChI is InChI=1S/C14H11ClFN3O/c1-7-5-8(6-20-7)13-11(14(17)19-18-13)9-3-2-4-10(15)12(9)16/h2-6H,1H3,(H3,17,18,19). The van der Waals surface area contributed by atoms with Gasteiger partial charge in [-0.1, -0.05) is 23.7 Å².